The SMILES string of the molecule is Cc1cc(OCC(O)CNC(=O)NCCn2ccnc2)ccc1Cl.O=CO. The van der Waals surface area contributed by atoms with Crippen LogP contribution in [0.1, 0.15) is 5.56 Å². The van der Waals surface area contributed by atoms with Gasteiger partial charge in [0.05, 0.1) is 6.33 Å². The number of aromatic nitrogens is 2. The molecule has 2 aromatic rings. The molecule has 0 bridgehead atoms. The first-order valence-corrected chi connectivity index (χ1v) is 8.46. The van der Waals surface area contributed by atoms with Gasteiger partial charge in [0, 0.05) is 37.1 Å². The fraction of sp³-hybridized carbons (Fsp3) is 0.353. The van der Waals surface area contributed by atoms with Crippen LogP contribution in [0.15, 0.2) is 36.9 Å². The number of ether oxygens (including phenoxy) is 1. The van der Waals surface area contributed by atoms with Crippen LogP contribution in [-0.4, -0.2) is 58.1 Å². The lowest BCUT2D eigenvalue weighted by molar-refractivity contribution is -0.122. The second kappa shape index (κ2) is 12.6. The number of nitrogens with one attached hydrogen (secondary N) is 2. The van der Waals surface area contributed by atoms with Crippen LogP contribution < -0.4 is 15.4 Å². The maximum Gasteiger partial charge on any atom is 0.314 e. The van der Waals surface area contributed by atoms with E-state index in [1.165, 1.54) is 0 Å². The zero-order chi connectivity index (χ0) is 20.1. The average molecular weight is 399 g/mol. The third-order valence-electron chi connectivity index (χ3n) is 3.28. The Labute approximate surface area is 161 Å². The molecule has 9 nitrogen and oxygen atoms in total. The highest BCUT2D eigenvalue weighted by atomic mass is 35.5. The number of aliphatic hydroxyl groups is 1. The van der Waals surface area contributed by atoms with Crippen molar-refractivity contribution in [2.24, 2.45) is 0 Å². The second-order valence-corrected chi connectivity index (χ2v) is 5.83. The number of aryl methyl sites for hydroxylation is 1. The van der Waals surface area contributed by atoms with Crippen molar-refractivity contribution in [1.82, 2.24) is 20.2 Å². The normalized spacial score (nSPS) is 10.9. The Hall–Kier alpha value is -2.78. The molecule has 10 heteroatoms. The minimum absolute atomic E-state index is 0.0798. The molecule has 0 spiro atoms. The highest BCUT2D eigenvalue weighted by molar-refractivity contribution is 6.31. The number of carboxylic acid groups (broad SMARTS) is 1. The van der Waals surface area contributed by atoms with Crippen LogP contribution >= 0.6 is 11.6 Å². The average Bonchev–Trinajstić information content (AvgIpc) is 3.15. The molecule has 0 fully saturated rings. The summed E-state index contributed by atoms with van der Waals surface area (Å²) in [5.74, 6) is 0.626. The number of carbonyl (C=O) groups is 2. The number of carbonyl (C=O) groups excluding carboxylic acids is 1. The van der Waals surface area contributed by atoms with Crippen LogP contribution in [0, 0.1) is 6.92 Å². The van der Waals surface area contributed by atoms with Crippen LogP contribution in [-0.2, 0) is 11.3 Å². The van der Waals surface area contributed by atoms with Gasteiger partial charge >= 0.3 is 6.03 Å². The summed E-state index contributed by atoms with van der Waals surface area (Å²) in [5.41, 5.74) is 0.902. The summed E-state index contributed by atoms with van der Waals surface area (Å²) in [6, 6.07) is 4.94. The molecule has 0 radical (unpaired) electrons. The Morgan fingerprint density at radius 1 is 1.44 bits per heavy atom. The highest BCUT2D eigenvalue weighted by Crippen LogP contribution is 2.20. The van der Waals surface area contributed by atoms with Gasteiger partial charge in [0.25, 0.3) is 6.47 Å². The number of hydrogen-bond acceptors (Lipinski definition) is 5. The second-order valence-electron chi connectivity index (χ2n) is 5.42. The van der Waals surface area contributed by atoms with E-state index in [2.05, 4.69) is 15.6 Å². The van der Waals surface area contributed by atoms with Gasteiger partial charge in [0.1, 0.15) is 18.5 Å². The van der Waals surface area contributed by atoms with E-state index in [1.807, 2.05) is 17.7 Å². The van der Waals surface area contributed by atoms with Crippen molar-refractivity contribution in [3.8, 4) is 5.75 Å². The van der Waals surface area contributed by atoms with Crippen LogP contribution in [0.3, 0.4) is 0 Å². The monoisotopic (exact) mass is 398 g/mol. The van der Waals surface area contributed by atoms with E-state index in [-0.39, 0.29) is 25.7 Å². The standard InChI is InChI=1S/C16H21ClN4O3.CH2O2/c1-12-8-14(2-3-15(12)17)24-10-13(22)9-20-16(23)19-5-7-21-6-4-18-11-21;2-1-3/h2-4,6,8,11,13,22H,5,7,9-10H2,1H3,(H2,19,20,23);1H,(H,2,3). The van der Waals surface area contributed by atoms with Crippen molar-refractivity contribution in [2.75, 3.05) is 19.7 Å². The number of rotatable bonds is 8. The number of benzene rings is 1. The minimum Gasteiger partial charge on any atom is -0.491 e. The molecule has 1 heterocycles. The van der Waals surface area contributed by atoms with Crippen LogP contribution in [0.2, 0.25) is 5.02 Å². The summed E-state index contributed by atoms with van der Waals surface area (Å²) in [6.07, 6.45) is 4.37. The lowest BCUT2D eigenvalue weighted by Crippen LogP contribution is -2.42. The lowest BCUT2D eigenvalue weighted by Gasteiger charge is -2.14. The number of nitrogens with zero attached hydrogens (tertiary/aromatic N) is 2. The molecule has 0 aliphatic carbocycles. The number of imidazole rings is 1. The Morgan fingerprint density at radius 2 is 2.19 bits per heavy atom. The van der Waals surface area contributed by atoms with Gasteiger partial charge in [-0.2, -0.15) is 0 Å². The van der Waals surface area contributed by atoms with Crippen molar-refractivity contribution in [3.63, 3.8) is 0 Å². The van der Waals surface area contributed by atoms with E-state index >= 15 is 0 Å². The molecule has 0 saturated carbocycles. The van der Waals surface area contributed by atoms with E-state index in [0.29, 0.717) is 23.9 Å². The van der Waals surface area contributed by atoms with Crippen molar-refractivity contribution in [3.05, 3.63) is 47.5 Å². The maximum atomic E-state index is 11.6. The first-order valence-electron chi connectivity index (χ1n) is 8.08. The number of halogens is 1. The molecule has 2 amide bonds. The molecule has 4 N–H and O–H groups in total. The summed E-state index contributed by atoms with van der Waals surface area (Å²) in [5, 5.41) is 22.7. The van der Waals surface area contributed by atoms with Crippen LogP contribution in [0.25, 0.3) is 0 Å². The number of hydrogen-bond donors (Lipinski definition) is 4. The van der Waals surface area contributed by atoms with E-state index in [0.717, 1.165) is 5.56 Å². The number of aliphatic hydroxyl groups excluding tert-OH is 1. The highest BCUT2D eigenvalue weighted by Gasteiger charge is 2.08. The van der Waals surface area contributed by atoms with Gasteiger partial charge < -0.3 is 30.2 Å². The van der Waals surface area contributed by atoms with Crippen molar-refractivity contribution >= 4 is 24.1 Å². The zero-order valence-corrected chi connectivity index (χ0v) is 15.6. The van der Waals surface area contributed by atoms with E-state index in [1.54, 1.807) is 30.7 Å². The summed E-state index contributed by atoms with van der Waals surface area (Å²) in [4.78, 5) is 23.9. The Bertz CT molecular complexity index is 697. The Kier molecular flexibility index (Phi) is 10.4. The third kappa shape index (κ3) is 9.47. The molecular formula is C17H23ClN4O5. The van der Waals surface area contributed by atoms with Gasteiger partial charge in [0.2, 0.25) is 0 Å². The first-order chi connectivity index (χ1) is 13.0. The number of urea groups is 1. The maximum absolute atomic E-state index is 11.6. The quantitative estimate of drug-likeness (QED) is 0.496. The van der Waals surface area contributed by atoms with Crippen LogP contribution in [0.5, 0.6) is 5.75 Å². The topological polar surface area (TPSA) is 126 Å². The predicted molar refractivity (Wildman–Crippen MR) is 100 cm³/mol. The molecule has 1 unspecified atom stereocenters. The Balaban J connectivity index is 0.00000114. The van der Waals surface area contributed by atoms with Crippen molar-refractivity contribution < 1.29 is 24.5 Å². The molecule has 0 aliphatic rings. The molecule has 2 rings (SSSR count). The van der Waals surface area contributed by atoms with E-state index < -0.39 is 6.10 Å². The van der Waals surface area contributed by atoms with Gasteiger partial charge in [-0.15, -0.1) is 0 Å². The molecule has 1 atom stereocenters. The summed E-state index contributed by atoms with van der Waals surface area (Å²) >= 11 is 5.94. The fourth-order valence-electron chi connectivity index (χ4n) is 1.95. The fourth-order valence-corrected chi connectivity index (χ4v) is 2.07. The predicted octanol–water partition coefficient (Wildman–Crippen LogP) is 1.28. The molecule has 148 valence electrons. The van der Waals surface area contributed by atoms with Crippen molar-refractivity contribution in [1.29, 1.82) is 0 Å². The van der Waals surface area contributed by atoms with Crippen LogP contribution in [0.4, 0.5) is 4.79 Å². The Morgan fingerprint density at radius 3 is 2.81 bits per heavy atom. The third-order valence-corrected chi connectivity index (χ3v) is 3.71. The van der Waals surface area contributed by atoms with Gasteiger partial charge in [-0.25, -0.2) is 9.78 Å². The molecule has 0 aliphatic heterocycles. The molecule has 0 saturated heterocycles. The van der Waals surface area contributed by atoms with Gasteiger partial charge in [-0.05, 0) is 30.7 Å². The molecule has 27 heavy (non-hydrogen) atoms. The lowest BCUT2D eigenvalue weighted by atomic mass is 10.2. The number of amides is 2. The smallest absolute Gasteiger partial charge is 0.314 e. The largest absolute Gasteiger partial charge is 0.491 e. The minimum atomic E-state index is -0.805. The van der Waals surface area contributed by atoms with Gasteiger partial charge in [0.15, 0.2) is 0 Å². The van der Waals surface area contributed by atoms with Gasteiger partial charge in [-0.1, -0.05) is 11.6 Å². The molecular weight excluding hydrogens is 376 g/mol. The summed E-state index contributed by atoms with van der Waals surface area (Å²) in [7, 11) is 0. The summed E-state index contributed by atoms with van der Waals surface area (Å²) in [6.45, 7) is 2.91. The summed E-state index contributed by atoms with van der Waals surface area (Å²) < 4.78 is 7.33. The first kappa shape index (κ1) is 22.3. The van der Waals surface area contributed by atoms with E-state index in [4.69, 9.17) is 26.2 Å². The van der Waals surface area contributed by atoms with Crippen molar-refractivity contribution in [2.45, 2.75) is 19.6 Å². The van der Waals surface area contributed by atoms with Gasteiger partial charge in [-0.3, -0.25) is 4.79 Å². The molecule has 1 aromatic heterocycles. The van der Waals surface area contributed by atoms with E-state index in [9.17, 15) is 9.90 Å². The molecule has 1 aromatic carbocycles. The zero-order valence-electron chi connectivity index (χ0n) is 14.8.